The van der Waals surface area contributed by atoms with E-state index in [9.17, 15) is 43.9 Å². The quantitative estimate of drug-likeness (QED) is 0.247. The lowest BCUT2D eigenvalue weighted by Crippen LogP contribution is -2.45. The van der Waals surface area contributed by atoms with Crippen LogP contribution in [0.15, 0.2) is 0 Å². The number of aromatic nitrogens is 1. The van der Waals surface area contributed by atoms with Crippen LogP contribution in [0.3, 0.4) is 0 Å². The summed E-state index contributed by atoms with van der Waals surface area (Å²) in [7, 11) is 0. The monoisotopic (exact) mass is 336 g/mol. The lowest BCUT2D eigenvalue weighted by molar-refractivity contribution is -0.666. The summed E-state index contributed by atoms with van der Waals surface area (Å²) < 4.78 is 130. The standard InChI is InChI=1S/C11F10N/c12-1-2(13)5(16)9(6(17)3(1)14)22-10(20)7(18)4(15)8(19)11(22)21/q+1. The fraction of sp³-hybridized carbons (Fsp3) is 0. The highest BCUT2D eigenvalue weighted by Gasteiger charge is 2.41. The molecule has 2 aromatic rings. The number of nitrogens with zero attached hydrogens (tertiary/aromatic N) is 1. The molecule has 0 atom stereocenters. The molecule has 0 aliphatic heterocycles. The van der Waals surface area contributed by atoms with E-state index in [2.05, 4.69) is 0 Å². The first-order valence-electron chi connectivity index (χ1n) is 5.06. The highest BCUT2D eigenvalue weighted by atomic mass is 19.2. The van der Waals surface area contributed by atoms with E-state index in [4.69, 9.17) is 0 Å². The molecule has 1 nitrogen and oxygen atoms in total. The van der Waals surface area contributed by atoms with Gasteiger partial charge in [0.1, 0.15) is 0 Å². The van der Waals surface area contributed by atoms with E-state index in [1.807, 2.05) is 0 Å². The fourth-order valence-corrected chi connectivity index (χ4v) is 1.55. The number of benzene rings is 1. The second kappa shape index (κ2) is 5.14. The van der Waals surface area contributed by atoms with Crippen LogP contribution in [0.5, 0.6) is 0 Å². The van der Waals surface area contributed by atoms with Crippen molar-refractivity contribution < 1.29 is 48.5 Å². The molecule has 0 unspecified atom stereocenters. The first-order valence-corrected chi connectivity index (χ1v) is 5.06. The molecular weight excluding hydrogens is 336 g/mol. The third-order valence-corrected chi connectivity index (χ3v) is 2.55. The van der Waals surface area contributed by atoms with E-state index >= 15 is 0 Å². The molecular formula is C11F10N+. The van der Waals surface area contributed by atoms with Crippen molar-refractivity contribution in [2.75, 3.05) is 0 Å². The molecule has 11 heteroatoms. The summed E-state index contributed by atoms with van der Waals surface area (Å²) in [5.41, 5.74) is -2.34. The van der Waals surface area contributed by atoms with E-state index in [-0.39, 0.29) is 0 Å². The van der Waals surface area contributed by atoms with Crippen molar-refractivity contribution in [1.29, 1.82) is 0 Å². The van der Waals surface area contributed by atoms with Gasteiger partial charge in [-0.05, 0) is 0 Å². The Morgan fingerprint density at radius 2 is 0.636 bits per heavy atom. The van der Waals surface area contributed by atoms with Crippen LogP contribution in [0.2, 0.25) is 0 Å². The number of halogens is 10. The van der Waals surface area contributed by atoms with Crippen LogP contribution in [0.25, 0.3) is 5.69 Å². The van der Waals surface area contributed by atoms with E-state index < -0.39 is 68.7 Å². The minimum Gasteiger partial charge on any atom is -0.200 e. The molecule has 0 fully saturated rings. The SMILES string of the molecule is Fc1c(F)c(F)c(-[n+]2c(F)c(F)c(F)c(F)c2F)c(F)c1F. The lowest BCUT2D eigenvalue weighted by atomic mass is 10.2. The van der Waals surface area contributed by atoms with Gasteiger partial charge in [-0.3, -0.25) is 0 Å². The second-order valence-electron chi connectivity index (χ2n) is 3.78. The molecule has 0 bridgehead atoms. The first-order chi connectivity index (χ1) is 10.1. The molecule has 0 radical (unpaired) electrons. The van der Waals surface area contributed by atoms with Gasteiger partial charge in [0.05, 0.1) is 0 Å². The maximum absolute atomic E-state index is 13.4. The molecule has 118 valence electrons. The molecule has 0 amide bonds. The summed E-state index contributed by atoms with van der Waals surface area (Å²) in [6.07, 6.45) is 0. The lowest BCUT2D eigenvalue weighted by Gasteiger charge is -2.05. The van der Waals surface area contributed by atoms with Gasteiger partial charge in [0.25, 0.3) is 17.3 Å². The van der Waals surface area contributed by atoms with Crippen LogP contribution < -0.4 is 4.57 Å². The Morgan fingerprint density at radius 1 is 0.364 bits per heavy atom. The number of hydrogen-bond donors (Lipinski definition) is 0. The molecule has 1 heterocycles. The zero-order chi connectivity index (χ0) is 16.9. The third kappa shape index (κ3) is 1.99. The molecule has 22 heavy (non-hydrogen) atoms. The fourth-order valence-electron chi connectivity index (χ4n) is 1.55. The smallest absolute Gasteiger partial charge is 0.200 e. The topological polar surface area (TPSA) is 3.88 Å². The van der Waals surface area contributed by atoms with E-state index in [1.54, 1.807) is 0 Å². The zero-order valence-electron chi connectivity index (χ0n) is 9.73. The highest BCUT2D eigenvalue weighted by molar-refractivity contribution is 5.30. The van der Waals surface area contributed by atoms with E-state index in [0.29, 0.717) is 0 Å². The minimum atomic E-state index is -2.74. The Labute approximate surface area is 114 Å². The average molecular weight is 336 g/mol. The van der Waals surface area contributed by atoms with Crippen molar-refractivity contribution >= 4 is 0 Å². The van der Waals surface area contributed by atoms with Crippen molar-refractivity contribution in [2.24, 2.45) is 0 Å². The summed E-state index contributed by atoms with van der Waals surface area (Å²) in [6.45, 7) is 0. The van der Waals surface area contributed by atoms with Gasteiger partial charge in [-0.25, -0.2) is 13.2 Å². The Balaban J connectivity index is 3.03. The summed E-state index contributed by atoms with van der Waals surface area (Å²) in [6, 6.07) is 0. The molecule has 2 rings (SSSR count). The van der Waals surface area contributed by atoms with Crippen LogP contribution in [-0.4, -0.2) is 0 Å². The number of rotatable bonds is 1. The predicted octanol–water partition coefficient (Wildman–Crippen LogP) is 3.35. The van der Waals surface area contributed by atoms with Gasteiger partial charge in [-0.15, -0.1) is 8.78 Å². The van der Waals surface area contributed by atoms with Crippen molar-refractivity contribution in [3.63, 3.8) is 0 Å². The Morgan fingerprint density at radius 3 is 1.00 bits per heavy atom. The molecule has 0 aliphatic rings. The molecule has 1 aromatic heterocycles. The van der Waals surface area contributed by atoms with Gasteiger partial charge in [-0.1, -0.05) is 4.57 Å². The third-order valence-electron chi connectivity index (χ3n) is 2.55. The average Bonchev–Trinajstić information content (AvgIpc) is 2.50. The van der Waals surface area contributed by atoms with Crippen molar-refractivity contribution in [2.45, 2.75) is 0 Å². The van der Waals surface area contributed by atoms with Gasteiger partial charge in [0.2, 0.25) is 34.9 Å². The summed E-state index contributed by atoms with van der Waals surface area (Å²) in [4.78, 5) is 0. The van der Waals surface area contributed by atoms with E-state index in [1.165, 1.54) is 0 Å². The van der Waals surface area contributed by atoms with Gasteiger partial charge in [0, 0.05) is 0 Å². The van der Waals surface area contributed by atoms with Gasteiger partial charge < -0.3 is 0 Å². The predicted molar refractivity (Wildman–Crippen MR) is 47.6 cm³/mol. The molecule has 0 spiro atoms. The first kappa shape index (κ1) is 16.0. The van der Waals surface area contributed by atoms with Crippen LogP contribution in [0, 0.1) is 58.4 Å². The molecule has 0 saturated heterocycles. The van der Waals surface area contributed by atoms with E-state index in [0.717, 1.165) is 0 Å². The molecule has 0 saturated carbocycles. The summed E-state index contributed by atoms with van der Waals surface area (Å²) in [5, 5.41) is 0. The zero-order valence-corrected chi connectivity index (χ0v) is 9.73. The largest absolute Gasteiger partial charge is 0.407 e. The minimum absolute atomic E-state index is 1.25. The molecule has 0 aliphatic carbocycles. The molecule has 1 aromatic carbocycles. The normalized spacial score (nSPS) is 11.2. The van der Waals surface area contributed by atoms with Crippen molar-refractivity contribution in [3.8, 4) is 5.69 Å². The Hall–Kier alpha value is -2.33. The molecule has 0 N–H and O–H groups in total. The van der Waals surface area contributed by atoms with Crippen molar-refractivity contribution in [1.82, 2.24) is 0 Å². The Bertz CT molecular complexity index is 675. The summed E-state index contributed by atoms with van der Waals surface area (Å²) >= 11 is 0. The van der Waals surface area contributed by atoms with Crippen LogP contribution in [-0.2, 0) is 0 Å². The van der Waals surface area contributed by atoms with Crippen LogP contribution >= 0.6 is 0 Å². The summed E-state index contributed by atoms with van der Waals surface area (Å²) in [5.74, 6) is -27.0. The van der Waals surface area contributed by atoms with Crippen molar-refractivity contribution in [3.05, 3.63) is 58.4 Å². The van der Waals surface area contributed by atoms with Gasteiger partial charge >= 0.3 is 11.9 Å². The highest BCUT2D eigenvalue weighted by Crippen LogP contribution is 2.25. The maximum Gasteiger partial charge on any atom is 0.407 e. The Kier molecular flexibility index (Phi) is 3.75. The second-order valence-corrected chi connectivity index (χ2v) is 3.78. The number of hydrogen-bond acceptors (Lipinski definition) is 0. The van der Waals surface area contributed by atoms with Gasteiger partial charge in [-0.2, -0.15) is 22.0 Å². The van der Waals surface area contributed by atoms with Crippen LogP contribution in [0.1, 0.15) is 0 Å². The van der Waals surface area contributed by atoms with Gasteiger partial charge in [0.15, 0.2) is 0 Å². The van der Waals surface area contributed by atoms with Crippen LogP contribution in [0.4, 0.5) is 43.9 Å². The maximum atomic E-state index is 13.4. The number of pyridine rings is 1.